The first-order chi connectivity index (χ1) is 1.73. The molecule has 1 nitrogen and oxygen atoms in total. The molecule has 0 fully saturated rings. The van der Waals surface area contributed by atoms with E-state index in [1.54, 1.807) is 0 Å². The summed E-state index contributed by atoms with van der Waals surface area (Å²) in [4.78, 5) is 0. The van der Waals surface area contributed by atoms with E-state index in [4.69, 9.17) is 5.73 Å². The molecule has 0 aromatic rings. The fourth-order valence-corrected chi connectivity index (χ4v) is 0. The summed E-state index contributed by atoms with van der Waals surface area (Å²) in [5, 5.41) is 0. The number of hydrogen-bond donors (Lipinski definition) is 0. The van der Waals surface area contributed by atoms with Crippen molar-refractivity contribution in [3.8, 4) is 0 Å². The predicted octanol–water partition coefficient (Wildman–Crippen LogP) is -1.93. The molecule has 0 unspecified atom stereocenters. The van der Waals surface area contributed by atoms with Gasteiger partial charge in [-0.15, -0.1) is 6.04 Å². The van der Waals surface area contributed by atoms with Gasteiger partial charge in [-0.25, -0.2) is 0 Å². The molecule has 0 heterocycles. The van der Waals surface area contributed by atoms with Crippen molar-refractivity contribution in [1.82, 2.24) is 0 Å². The summed E-state index contributed by atoms with van der Waals surface area (Å²) < 4.78 is 0. The van der Waals surface area contributed by atoms with Crippen molar-refractivity contribution >= 4 is 23.1 Å². The fourth-order valence-electron chi connectivity index (χ4n) is 0. The Kier molecular flexibility index (Phi) is 24.6. The molecule has 0 aromatic heterocycles. The third-order valence-electron chi connectivity index (χ3n) is 0. The zero-order valence-corrected chi connectivity index (χ0v) is 6.33. The van der Waals surface area contributed by atoms with Gasteiger partial charge in [0, 0.05) is 0 Å². The smallest absolute Gasteiger partial charge is 1.00 e. The molecule has 0 aliphatic rings. The van der Waals surface area contributed by atoms with Crippen molar-refractivity contribution in [3.05, 3.63) is 5.73 Å². The minimum atomic E-state index is 0. The largest absolute Gasteiger partial charge is 2.00 e. The Morgan fingerprint density at radius 1 is 1.33 bits per heavy atom. The molecule has 6 heavy (non-hydrogen) atoms. The van der Waals surface area contributed by atoms with E-state index in [1.165, 1.54) is 0 Å². The fraction of sp³-hybridized carbons (Fsp3) is 1.00. The molecule has 0 radical (unpaired) electrons. The Hall–Kier alpha value is 1.02. The van der Waals surface area contributed by atoms with Crippen molar-refractivity contribution in [1.29, 1.82) is 0 Å². The topological polar surface area (TPSA) is 23.8 Å². The molecule has 0 amide bonds. The van der Waals surface area contributed by atoms with Crippen molar-refractivity contribution < 1.29 is 12.4 Å². The van der Waals surface area contributed by atoms with Crippen LogP contribution < -0.4 is 12.4 Å². The summed E-state index contributed by atoms with van der Waals surface area (Å²) in [5.74, 6) is 0. The maximum absolute atomic E-state index is 6.58. The normalized spacial score (nSPS) is 6.00. The minimum Gasteiger partial charge on any atom is -1.00 e. The quantitative estimate of drug-likeness (QED) is 0.331. The number of halogens is 1. The second-order valence-corrected chi connectivity index (χ2v) is 1.15. The molecule has 0 saturated carbocycles. The van der Waals surface area contributed by atoms with Crippen LogP contribution in [-0.2, 0) is 0 Å². The van der Waals surface area contributed by atoms with Crippen LogP contribution in [0.5, 0.6) is 0 Å². The summed E-state index contributed by atoms with van der Waals surface area (Å²) in [6.07, 6.45) is 0. The summed E-state index contributed by atoms with van der Waals surface area (Å²) >= 11 is 0. The Balaban J connectivity index is -0.0000000450. The van der Waals surface area contributed by atoms with Crippen LogP contribution in [-0.4, -0.2) is 29.1 Å². The molecule has 0 rings (SSSR count). The van der Waals surface area contributed by atoms with E-state index in [2.05, 4.69) is 0 Å². The molecule has 3 heteroatoms. The zero-order chi connectivity index (χ0) is 3.58. The van der Waals surface area contributed by atoms with Gasteiger partial charge >= 0.3 is 23.1 Å². The van der Waals surface area contributed by atoms with E-state index >= 15 is 0 Å². The van der Waals surface area contributed by atoms with Gasteiger partial charge in [0.2, 0.25) is 0 Å². The van der Waals surface area contributed by atoms with Crippen LogP contribution >= 0.6 is 0 Å². The molecular formula is C3H8ClMgN. The van der Waals surface area contributed by atoms with Crippen LogP contribution in [0.15, 0.2) is 0 Å². The van der Waals surface area contributed by atoms with Gasteiger partial charge in [-0.2, -0.15) is 0 Å². The van der Waals surface area contributed by atoms with E-state index in [9.17, 15) is 0 Å². The monoisotopic (exact) mass is 117 g/mol. The zero-order valence-electron chi connectivity index (χ0n) is 4.16. The Morgan fingerprint density at radius 2 is 1.33 bits per heavy atom. The first kappa shape index (κ1) is 15.7. The molecule has 0 spiro atoms. The van der Waals surface area contributed by atoms with E-state index in [-0.39, 0.29) is 41.5 Å². The Morgan fingerprint density at radius 3 is 1.33 bits per heavy atom. The van der Waals surface area contributed by atoms with Gasteiger partial charge in [0.1, 0.15) is 0 Å². The average Bonchev–Trinajstić information content (AvgIpc) is 0.811. The van der Waals surface area contributed by atoms with Crippen molar-refractivity contribution in [2.45, 2.75) is 19.9 Å². The second-order valence-electron chi connectivity index (χ2n) is 1.15. The Bertz CT molecular complexity index is 15.5. The Labute approximate surface area is 61.2 Å². The van der Waals surface area contributed by atoms with Gasteiger partial charge < -0.3 is 18.1 Å². The van der Waals surface area contributed by atoms with Gasteiger partial charge in [0.25, 0.3) is 0 Å². The number of hydrogen-bond acceptors (Lipinski definition) is 0. The predicted molar refractivity (Wildman–Crippen MR) is 25.2 cm³/mol. The molecule has 0 saturated heterocycles. The van der Waals surface area contributed by atoms with E-state index in [0.29, 0.717) is 0 Å². The molecule has 0 aliphatic heterocycles. The van der Waals surface area contributed by atoms with Crippen LogP contribution in [0.3, 0.4) is 0 Å². The van der Waals surface area contributed by atoms with Crippen molar-refractivity contribution in [3.63, 3.8) is 0 Å². The van der Waals surface area contributed by atoms with E-state index < -0.39 is 0 Å². The maximum Gasteiger partial charge on any atom is 2.00 e. The number of rotatable bonds is 0. The molecular weight excluding hydrogens is 110 g/mol. The molecule has 0 aliphatic carbocycles. The summed E-state index contributed by atoms with van der Waals surface area (Å²) in [6.45, 7) is 3.67. The number of nitrogens with one attached hydrogen (secondary N) is 1. The van der Waals surface area contributed by atoms with E-state index in [1.807, 2.05) is 13.8 Å². The van der Waals surface area contributed by atoms with Crippen molar-refractivity contribution in [2.24, 2.45) is 0 Å². The molecule has 1 N–H and O–H groups in total. The molecule has 0 aromatic carbocycles. The summed E-state index contributed by atoms with van der Waals surface area (Å²) in [5.41, 5.74) is 6.58. The first-order valence-corrected chi connectivity index (χ1v) is 1.44. The van der Waals surface area contributed by atoms with E-state index in [0.717, 1.165) is 0 Å². The second kappa shape index (κ2) is 9.39. The van der Waals surface area contributed by atoms with Crippen LogP contribution in [0.4, 0.5) is 0 Å². The van der Waals surface area contributed by atoms with Gasteiger partial charge in [0.05, 0.1) is 0 Å². The van der Waals surface area contributed by atoms with Crippen LogP contribution in [0.2, 0.25) is 0 Å². The summed E-state index contributed by atoms with van der Waals surface area (Å²) in [6, 6.07) is 0.0833. The SMILES string of the molecule is CC(C)[NH-].[Cl-].[Mg+2]. The van der Waals surface area contributed by atoms with Gasteiger partial charge in [-0.1, -0.05) is 13.8 Å². The first-order valence-electron chi connectivity index (χ1n) is 1.44. The third-order valence-corrected chi connectivity index (χ3v) is 0. The standard InChI is InChI=1S/C3H8N.ClH.Mg/c1-3(2)4;;/h3-4H,1-2H3;1H;/q-1;;+2/p-1. The maximum atomic E-state index is 6.58. The summed E-state index contributed by atoms with van der Waals surface area (Å²) in [7, 11) is 0. The third kappa shape index (κ3) is 78.3. The van der Waals surface area contributed by atoms with Gasteiger partial charge in [0.15, 0.2) is 0 Å². The molecule has 0 bridgehead atoms. The average molecular weight is 118 g/mol. The van der Waals surface area contributed by atoms with Gasteiger partial charge in [-0.3, -0.25) is 0 Å². The van der Waals surface area contributed by atoms with Gasteiger partial charge in [-0.05, 0) is 0 Å². The molecule has 34 valence electrons. The van der Waals surface area contributed by atoms with Crippen LogP contribution in [0.25, 0.3) is 5.73 Å². The van der Waals surface area contributed by atoms with Crippen LogP contribution in [0.1, 0.15) is 13.8 Å². The van der Waals surface area contributed by atoms with Crippen LogP contribution in [0, 0.1) is 0 Å². The van der Waals surface area contributed by atoms with Crippen molar-refractivity contribution in [2.75, 3.05) is 0 Å². The molecule has 0 atom stereocenters. The minimum absolute atomic E-state index is 0.